The third-order valence-corrected chi connectivity index (χ3v) is 5.02. The number of fused-ring (bicyclic) bond motifs is 1. The molecule has 18 heavy (non-hydrogen) atoms. The number of allylic oxidation sites excluding steroid dienone is 2. The number of carbonyl (C=O) groups is 1. The van der Waals surface area contributed by atoms with Crippen LogP contribution in [0.1, 0.15) is 18.4 Å². The molecule has 1 fully saturated rings. The summed E-state index contributed by atoms with van der Waals surface area (Å²) in [5.74, 6) is 0.661. The summed E-state index contributed by atoms with van der Waals surface area (Å²) in [7, 11) is 0. The normalized spacial score (nSPS) is 31.0. The van der Waals surface area contributed by atoms with Gasteiger partial charge >= 0.3 is 0 Å². The van der Waals surface area contributed by atoms with Gasteiger partial charge in [-0.25, -0.2) is 0 Å². The van der Waals surface area contributed by atoms with Gasteiger partial charge in [0.1, 0.15) is 5.75 Å². The Labute approximate surface area is 119 Å². The topological polar surface area (TPSA) is 37.3 Å². The summed E-state index contributed by atoms with van der Waals surface area (Å²) in [5.41, 5.74) is 2.04. The summed E-state index contributed by atoms with van der Waals surface area (Å²) in [6, 6.07) is 6.99. The Morgan fingerprint density at radius 1 is 1.17 bits per heavy atom. The van der Waals surface area contributed by atoms with Gasteiger partial charge in [0.25, 0.3) is 0 Å². The van der Waals surface area contributed by atoms with E-state index >= 15 is 0 Å². The highest BCUT2D eigenvalue weighted by atomic mass is 79.9. The first kappa shape index (κ1) is 12.2. The fraction of sp³-hybridized carbons (Fsp3) is 0.357. The lowest BCUT2D eigenvalue weighted by molar-refractivity contribution is -0.118. The van der Waals surface area contributed by atoms with E-state index in [1.165, 1.54) is 0 Å². The Hall–Kier alpha value is -0.800. The molecule has 1 aromatic carbocycles. The number of ketones is 1. The SMILES string of the molecule is O=C1C(Br)=C(c2ccc(O)cc2)C2CC(Cl)CC12. The van der Waals surface area contributed by atoms with Crippen LogP contribution in [0.2, 0.25) is 0 Å². The molecule has 0 bridgehead atoms. The number of hydrogen-bond donors (Lipinski definition) is 1. The van der Waals surface area contributed by atoms with Crippen LogP contribution in [0.5, 0.6) is 5.75 Å². The van der Waals surface area contributed by atoms with Crippen molar-refractivity contribution in [2.75, 3.05) is 0 Å². The van der Waals surface area contributed by atoms with E-state index in [2.05, 4.69) is 15.9 Å². The van der Waals surface area contributed by atoms with Crippen molar-refractivity contribution in [1.29, 1.82) is 0 Å². The van der Waals surface area contributed by atoms with Crippen LogP contribution in [0.25, 0.3) is 5.57 Å². The summed E-state index contributed by atoms with van der Waals surface area (Å²) in [6.45, 7) is 0. The Balaban J connectivity index is 2.04. The van der Waals surface area contributed by atoms with Crippen molar-refractivity contribution in [2.24, 2.45) is 11.8 Å². The predicted molar refractivity (Wildman–Crippen MR) is 74.8 cm³/mol. The van der Waals surface area contributed by atoms with Gasteiger partial charge in [-0.3, -0.25) is 4.79 Å². The Kier molecular flexibility index (Phi) is 2.99. The largest absolute Gasteiger partial charge is 0.508 e. The van der Waals surface area contributed by atoms with Gasteiger partial charge < -0.3 is 5.11 Å². The number of Topliss-reactive ketones (excluding diaryl/α,β-unsaturated/α-hetero) is 1. The molecule has 3 rings (SSSR count). The van der Waals surface area contributed by atoms with Crippen LogP contribution < -0.4 is 0 Å². The molecule has 1 aromatic rings. The number of alkyl halides is 1. The molecule has 2 nitrogen and oxygen atoms in total. The number of rotatable bonds is 1. The minimum absolute atomic E-state index is 0.0330. The number of benzene rings is 1. The second kappa shape index (κ2) is 4.39. The average Bonchev–Trinajstić information content (AvgIpc) is 2.81. The third-order valence-electron chi connectivity index (χ3n) is 3.84. The minimum atomic E-state index is 0.0330. The first-order valence-electron chi connectivity index (χ1n) is 5.95. The van der Waals surface area contributed by atoms with E-state index in [1.807, 2.05) is 12.1 Å². The maximum absolute atomic E-state index is 12.2. The smallest absolute Gasteiger partial charge is 0.173 e. The number of carbonyl (C=O) groups excluding carboxylic acids is 1. The van der Waals surface area contributed by atoms with Crippen LogP contribution in [-0.2, 0) is 4.79 Å². The molecule has 1 saturated carbocycles. The minimum Gasteiger partial charge on any atom is -0.508 e. The van der Waals surface area contributed by atoms with E-state index in [0.29, 0.717) is 4.48 Å². The van der Waals surface area contributed by atoms with Crippen molar-refractivity contribution < 1.29 is 9.90 Å². The zero-order valence-electron chi connectivity index (χ0n) is 9.57. The maximum atomic E-state index is 12.2. The number of phenolic OH excluding ortho intramolecular Hbond substituents is 1. The van der Waals surface area contributed by atoms with Crippen LogP contribution in [-0.4, -0.2) is 16.3 Å². The Morgan fingerprint density at radius 2 is 1.78 bits per heavy atom. The van der Waals surface area contributed by atoms with Crippen LogP contribution in [0.4, 0.5) is 0 Å². The van der Waals surface area contributed by atoms with Crippen LogP contribution in [0.3, 0.4) is 0 Å². The van der Waals surface area contributed by atoms with Crippen LogP contribution in [0, 0.1) is 11.8 Å². The van der Waals surface area contributed by atoms with Gasteiger partial charge in [0, 0.05) is 11.3 Å². The van der Waals surface area contributed by atoms with Crippen LogP contribution in [0.15, 0.2) is 28.7 Å². The molecule has 0 aromatic heterocycles. The number of hydrogen-bond acceptors (Lipinski definition) is 2. The molecule has 0 spiro atoms. The maximum Gasteiger partial charge on any atom is 0.173 e. The van der Waals surface area contributed by atoms with Crippen molar-refractivity contribution in [3.05, 3.63) is 34.3 Å². The Bertz CT molecular complexity index is 535. The lowest BCUT2D eigenvalue weighted by atomic mass is 9.90. The second-order valence-electron chi connectivity index (χ2n) is 4.92. The van der Waals surface area contributed by atoms with E-state index in [4.69, 9.17) is 11.6 Å². The summed E-state index contributed by atoms with van der Waals surface area (Å²) >= 11 is 9.60. The molecule has 3 unspecified atom stereocenters. The molecule has 2 aliphatic rings. The zero-order valence-corrected chi connectivity index (χ0v) is 11.9. The van der Waals surface area contributed by atoms with E-state index in [-0.39, 0.29) is 28.7 Å². The van der Waals surface area contributed by atoms with Gasteiger partial charge in [0.2, 0.25) is 0 Å². The van der Waals surface area contributed by atoms with Crippen molar-refractivity contribution in [2.45, 2.75) is 18.2 Å². The molecule has 0 radical (unpaired) electrons. The highest BCUT2D eigenvalue weighted by molar-refractivity contribution is 9.12. The summed E-state index contributed by atoms with van der Waals surface area (Å²) < 4.78 is 0.687. The highest BCUT2D eigenvalue weighted by Crippen LogP contribution is 2.52. The molecule has 0 saturated heterocycles. The molecular weight excluding hydrogens is 316 g/mol. The van der Waals surface area contributed by atoms with E-state index in [9.17, 15) is 9.90 Å². The molecular formula is C14H12BrClO2. The van der Waals surface area contributed by atoms with Crippen molar-refractivity contribution >= 4 is 38.9 Å². The fourth-order valence-electron chi connectivity index (χ4n) is 3.02. The molecule has 0 amide bonds. The van der Waals surface area contributed by atoms with Crippen molar-refractivity contribution in [1.82, 2.24) is 0 Å². The van der Waals surface area contributed by atoms with Crippen molar-refractivity contribution in [3.63, 3.8) is 0 Å². The zero-order chi connectivity index (χ0) is 12.9. The van der Waals surface area contributed by atoms with Crippen LogP contribution >= 0.6 is 27.5 Å². The first-order valence-corrected chi connectivity index (χ1v) is 7.18. The van der Waals surface area contributed by atoms with E-state index in [0.717, 1.165) is 24.0 Å². The van der Waals surface area contributed by atoms with Gasteiger partial charge in [-0.05, 0) is 58.0 Å². The molecule has 0 aliphatic heterocycles. The standard InChI is InChI=1S/C14H12BrClO2/c15-13-12(7-1-3-9(17)4-2-7)10-5-8(16)6-11(10)14(13)18/h1-4,8,10-11,17H,5-6H2. The molecule has 2 aliphatic carbocycles. The lowest BCUT2D eigenvalue weighted by Gasteiger charge is -2.13. The van der Waals surface area contributed by atoms with Gasteiger partial charge in [-0.1, -0.05) is 12.1 Å². The number of aromatic hydroxyl groups is 1. The number of halogens is 2. The third kappa shape index (κ3) is 1.81. The summed E-state index contributed by atoms with van der Waals surface area (Å²) in [5, 5.41) is 9.43. The van der Waals surface area contributed by atoms with Gasteiger partial charge in [-0.15, -0.1) is 11.6 Å². The number of phenols is 1. The molecule has 94 valence electrons. The molecule has 3 atom stereocenters. The quantitative estimate of drug-likeness (QED) is 0.798. The fourth-order valence-corrected chi connectivity index (χ4v) is 4.23. The second-order valence-corrected chi connectivity index (χ2v) is 6.33. The lowest BCUT2D eigenvalue weighted by Crippen LogP contribution is -2.10. The average molecular weight is 328 g/mol. The monoisotopic (exact) mass is 326 g/mol. The molecule has 0 heterocycles. The molecule has 1 N–H and O–H groups in total. The summed E-state index contributed by atoms with van der Waals surface area (Å²) in [6.07, 6.45) is 1.62. The Morgan fingerprint density at radius 3 is 2.44 bits per heavy atom. The van der Waals surface area contributed by atoms with Gasteiger partial charge in [0.15, 0.2) is 5.78 Å². The van der Waals surface area contributed by atoms with E-state index in [1.54, 1.807) is 12.1 Å². The van der Waals surface area contributed by atoms with Gasteiger partial charge in [0.05, 0.1) is 4.48 Å². The first-order chi connectivity index (χ1) is 8.58. The van der Waals surface area contributed by atoms with E-state index < -0.39 is 0 Å². The van der Waals surface area contributed by atoms with Gasteiger partial charge in [-0.2, -0.15) is 0 Å². The predicted octanol–water partition coefficient (Wildman–Crippen LogP) is 3.71. The molecule has 4 heteroatoms. The van der Waals surface area contributed by atoms with Crippen molar-refractivity contribution in [3.8, 4) is 5.75 Å². The summed E-state index contributed by atoms with van der Waals surface area (Å²) in [4.78, 5) is 12.2. The highest BCUT2D eigenvalue weighted by Gasteiger charge is 2.47.